The van der Waals surface area contributed by atoms with Crippen molar-refractivity contribution in [2.45, 2.75) is 26.2 Å². The Morgan fingerprint density at radius 3 is 2.67 bits per heavy atom. The predicted octanol–water partition coefficient (Wildman–Crippen LogP) is 3.02. The van der Waals surface area contributed by atoms with Gasteiger partial charge in [-0.05, 0) is 38.3 Å². The van der Waals surface area contributed by atoms with Gasteiger partial charge in [-0.2, -0.15) is 0 Å². The number of benzene rings is 1. The van der Waals surface area contributed by atoms with Crippen LogP contribution in [0.4, 0.5) is 17.1 Å². The summed E-state index contributed by atoms with van der Waals surface area (Å²) in [6.07, 6.45) is 3.69. The molecule has 0 radical (unpaired) electrons. The maximum Gasteiger partial charge on any atom is 0.292 e. The van der Waals surface area contributed by atoms with Crippen LogP contribution in [0.3, 0.4) is 0 Å². The van der Waals surface area contributed by atoms with Gasteiger partial charge in [0.05, 0.1) is 4.92 Å². The normalized spacial score (nSPS) is 15.5. The maximum atomic E-state index is 10.9. The Hall–Kier alpha value is -1.78. The summed E-state index contributed by atoms with van der Waals surface area (Å²) in [6, 6.07) is 5.35. The first-order valence-corrected chi connectivity index (χ1v) is 6.49. The Bertz CT molecular complexity index is 428. The number of nitrogens with zero attached hydrogens (tertiary/aromatic N) is 2. The molecule has 1 aromatic rings. The van der Waals surface area contributed by atoms with E-state index in [0.717, 1.165) is 18.8 Å². The quantitative estimate of drug-likeness (QED) is 0.658. The molecular formula is C13H19N3O2. The molecule has 18 heavy (non-hydrogen) atoms. The number of piperidine rings is 1. The van der Waals surface area contributed by atoms with E-state index in [9.17, 15) is 10.1 Å². The Morgan fingerprint density at radius 1 is 1.33 bits per heavy atom. The number of hydrogen-bond acceptors (Lipinski definition) is 4. The smallest absolute Gasteiger partial charge is 0.292 e. The van der Waals surface area contributed by atoms with Gasteiger partial charge < -0.3 is 10.2 Å². The van der Waals surface area contributed by atoms with Crippen molar-refractivity contribution in [2.75, 3.05) is 29.9 Å². The number of nitro benzene ring substituents is 1. The van der Waals surface area contributed by atoms with E-state index in [2.05, 4.69) is 10.2 Å². The molecule has 1 N–H and O–H groups in total. The molecule has 2 rings (SSSR count). The summed E-state index contributed by atoms with van der Waals surface area (Å²) in [6.45, 7) is 4.72. The third kappa shape index (κ3) is 2.72. The van der Waals surface area contributed by atoms with Crippen molar-refractivity contribution >= 4 is 17.1 Å². The number of nitrogens with one attached hydrogen (secondary N) is 1. The zero-order chi connectivity index (χ0) is 13.0. The highest BCUT2D eigenvalue weighted by atomic mass is 16.6. The summed E-state index contributed by atoms with van der Waals surface area (Å²) >= 11 is 0. The maximum absolute atomic E-state index is 10.9. The van der Waals surface area contributed by atoms with Gasteiger partial charge in [-0.15, -0.1) is 0 Å². The fourth-order valence-electron chi connectivity index (χ4n) is 2.36. The third-order valence-corrected chi connectivity index (χ3v) is 3.27. The molecule has 1 heterocycles. The number of hydrogen-bond donors (Lipinski definition) is 1. The minimum Gasteiger partial charge on any atom is -0.380 e. The first kappa shape index (κ1) is 12.7. The van der Waals surface area contributed by atoms with Gasteiger partial charge in [0.15, 0.2) is 0 Å². The van der Waals surface area contributed by atoms with Crippen LogP contribution in [0.5, 0.6) is 0 Å². The molecule has 0 amide bonds. The van der Waals surface area contributed by atoms with E-state index < -0.39 is 0 Å². The first-order valence-electron chi connectivity index (χ1n) is 6.49. The molecular weight excluding hydrogens is 230 g/mol. The lowest BCUT2D eigenvalue weighted by atomic mass is 10.1. The molecule has 5 nitrogen and oxygen atoms in total. The SMILES string of the molecule is CCNc1cc(N2CCCCC2)ccc1[N+](=O)[O-]. The van der Waals surface area contributed by atoms with Gasteiger partial charge in [-0.3, -0.25) is 10.1 Å². The second-order valence-electron chi connectivity index (χ2n) is 4.54. The second-order valence-corrected chi connectivity index (χ2v) is 4.54. The summed E-state index contributed by atoms with van der Waals surface area (Å²) in [5.41, 5.74) is 1.85. The van der Waals surface area contributed by atoms with Crippen LogP contribution in [0.1, 0.15) is 26.2 Å². The standard InChI is InChI=1S/C13H19N3O2/c1-2-14-12-10-11(6-7-13(12)16(17)18)15-8-4-3-5-9-15/h6-7,10,14H,2-5,8-9H2,1H3. The Balaban J connectivity index is 2.26. The summed E-state index contributed by atoms with van der Waals surface area (Å²) in [5, 5.41) is 14.0. The van der Waals surface area contributed by atoms with E-state index in [0.29, 0.717) is 12.2 Å². The summed E-state index contributed by atoms with van der Waals surface area (Å²) in [4.78, 5) is 12.9. The molecule has 0 aromatic heterocycles. The first-order chi connectivity index (χ1) is 8.72. The topological polar surface area (TPSA) is 58.4 Å². The van der Waals surface area contributed by atoms with E-state index in [1.165, 1.54) is 19.3 Å². The number of nitro groups is 1. The van der Waals surface area contributed by atoms with Crippen molar-refractivity contribution in [3.05, 3.63) is 28.3 Å². The van der Waals surface area contributed by atoms with Crippen LogP contribution in [-0.4, -0.2) is 24.6 Å². The molecule has 0 saturated carbocycles. The molecule has 1 aromatic carbocycles. The highest BCUT2D eigenvalue weighted by molar-refractivity contribution is 5.69. The Morgan fingerprint density at radius 2 is 2.06 bits per heavy atom. The molecule has 1 fully saturated rings. The molecule has 5 heteroatoms. The summed E-state index contributed by atoms with van der Waals surface area (Å²) < 4.78 is 0. The van der Waals surface area contributed by atoms with E-state index in [1.807, 2.05) is 19.1 Å². The molecule has 1 aliphatic rings. The van der Waals surface area contributed by atoms with E-state index in [1.54, 1.807) is 6.07 Å². The lowest BCUT2D eigenvalue weighted by molar-refractivity contribution is -0.383. The van der Waals surface area contributed by atoms with Crippen molar-refractivity contribution in [1.29, 1.82) is 0 Å². The summed E-state index contributed by atoms with van der Waals surface area (Å²) in [5.74, 6) is 0. The van der Waals surface area contributed by atoms with Crippen molar-refractivity contribution < 1.29 is 4.92 Å². The molecule has 1 saturated heterocycles. The molecule has 0 bridgehead atoms. The molecule has 0 spiro atoms. The number of anilines is 2. The average Bonchev–Trinajstić information content (AvgIpc) is 2.40. The average molecular weight is 249 g/mol. The zero-order valence-electron chi connectivity index (χ0n) is 10.7. The zero-order valence-corrected chi connectivity index (χ0v) is 10.7. The molecule has 98 valence electrons. The molecule has 0 aliphatic carbocycles. The van der Waals surface area contributed by atoms with Gasteiger partial charge >= 0.3 is 0 Å². The highest BCUT2D eigenvalue weighted by Gasteiger charge is 2.17. The highest BCUT2D eigenvalue weighted by Crippen LogP contribution is 2.30. The summed E-state index contributed by atoms with van der Waals surface area (Å²) in [7, 11) is 0. The van der Waals surface area contributed by atoms with E-state index in [4.69, 9.17) is 0 Å². The minimum absolute atomic E-state index is 0.151. The monoisotopic (exact) mass is 249 g/mol. The van der Waals surface area contributed by atoms with E-state index >= 15 is 0 Å². The minimum atomic E-state index is -0.335. The van der Waals surface area contributed by atoms with Crippen molar-refractivity contribution in [2.24, 2.45) is 0 Å². The predicted molar refractivity (Wildman–Crippen MR) is 73.3 cm³/mol. The van der Waals surface area contributed by atoms with Gasteiger partial charge in [-0.25, -0.2) is 0 Å². The van der Waals surface area contributed by atoms with Crippen LogP contribution in [0.2, 0.25) is 0 Å². The van der Waals surface area contributed by atoms with Crippen LogP contribution >= 0.6 is 0 Å². The van der Waals surface area contributed by atoms with Crippen LogP contribution in [0, 0.1) is 10.1 Å². The third-order valence-electron chi connectivity index (χ3n) is 3.27. The second kappa shape index (κ2) is 5.71. The Labute approximate surface area is 107 Å². The van der Waals surface area contributed by atoms with Crippen molar-refractivity contribution in [3.63, 3.8) is 0 Å². The lowest BCUT2D eigenvalue weighted by Gasteiger charge is -2.29. The fourth-order valence-corrected chi connectivity index (χ4v) is 2.36. The molecule has 1 aliphatic heterocycles. The van der Waals surface area contributed by atoms with Crippen molar-refractivity contribution in [1.82, 2.24) is 0 Å². The molecule has 0 atom stereocenters. The number of rotatable bonds is 4. The lowest BCUT2D eigenvalue weighted by Crippen LogP contribution is -2.29. The van der Waals surface area contributed by atoms with Gasteiger partial charge in [0, 0.05) is 31.4 Å². The largest absolute Gasteiger partial charge is 0.380 e. The van der Waals surface area contributed by atoms with Gasteiger partial charge in [0.2, 0.25) is 0 Å². The van der Waals surface area contributed by atoms with Gasteiger partial charge in [0.1, 0.15) is 5.69 Å². The van der Waals surface area contributed by atoms with Gasteiger partial charge in [-0.1, -0.05) is 0 Å². The van der Waals surface area contributed by atoms with Crippen LogP contribution in [0.25, 0.3) is 0 Å². The van der Waals surface area contributed by atoms with E-state index in [-0.39, 0.29) is 10.6 Å². The van der Waals surface area contributed by atoms with Crippen molar-refractivity contribution in [3.8, 4) is 0 Å². The Kier molecular flexibility index (Phi) is 4.02. The van der Waals surface area contributed by atoms with Gasteiger partial charge in [0.25, 0.3) is 5.69 Å². The van der Waals surface area contributed by atoms with Crippen LogP contribution in [-0.2, 0) is 0 Å². The van der Waals surface area contributed by atoms with Crippen LogP contribution in [0.15, 0.2) is 18.2 Å². The molecule has 0 unspecified atom stereocenters. The fraction of sp³-hybridized carbons (Fsp3) is 0.538. The van der Waals surface area contributed by atoms with Crippen LogP contribution < -0.4 is 10.2 Å².